The summed E-state index contributed by atoms with van der Waals surface area (Å²) in [6, 6.07) is 5.06. The van der Waals surface area contributed by atoms with E-state index in [9.17, 15) is 4.39 Å². The number of hydrogen-bond acceptors (Lipinski definition) is 2. The van der Waals surface area contributed by atoms with Crippen molar-refractivity contribution in [2.45, 2.75) is 25.4 Å². The number of ether oxygens (including phenoxy) is 1. The normalized spacial score (nSPS) is 24.9. The van der Waals surface area contributed by atoms with E-state index in [0.717, 1.165) is 13.0 Å². The van der Waals surface area contributed by atoms with Gasteiger partial charge in [0, 0.05) is 24.3 Å². The van der Waals surface area contributed by atoms with Gasteiger partial charge in [0.1, 0.15) is 5.82 Å². The van der Waals surface area contributed by atoms with Crippen molar-refractivity contribution in [2.75, 3.05) is 13.2 Å². The zero-order valence-corrected chi connectivity index (χ0v) is 9.98. The zero-order valence-electron chi connectivity index (χ0n) is 9.22. The molecular formula is C12H15ClFNO. The Bertz CT molecular complexity index is 377. The molecule has 0 saturated carbocycles. The molecule has 1 aromatic rings. The van der Waals surface area contributed by atoms with Crippen molar-refractivity contribution in [1.82, 2.24) is 5.32 Å². The van der Waals surface area contributed by atoms with Crippen molar-refractivity contribution in [3.05, 3.63) is 34.6 Å². The standard InChI is InChI=1S/C12H15ClFNO/c1-12(5-6-16-8-12)15-7-9-3-2-4-10(13)11(9)14/h2-4,15H,5-8H2,1H3. The summed E-state index contributed by atoms with van der Waals surface area (Å²) in [6.45, 7) is 4.01. The molecule has 1 N–H and O–H groups in total. The van der Waals surface area contributed by atoms with Crippen LogP contribution in [0.3, 0.4) is 0 Å². The minimum Gasteiger partial charge on any atom is -0.379 e. The minimum atomic E-state index is -0.334. The quantitative estimate of drug-likeness (QED) is 0.882. The summed E-state index contributed by atoms with van der Waals surface area (Å²) < 4.78 is 18.9. The van der Waals surface area contributed by atoms with Gasteiger partial charge in [-0.1, -0.05) is 23.7 Å². The number of rotatable bonds is 3. The first kappa shape index (κ1) is 11.8. The first-order chi connectivity index (χ1) is 7.61. The summed E-state index contributed by atoms with van der Waals surface area (Å²) >= 11 is 5.72. The third-order valence-corrected chi connectivity index (χ3v) is 3.25. The van der Waals surface area contributed by atoms with Gasteiger partial charge < -0.3 is 10.1 Å². The average molecular weight is 244 g/mol. The van der Waals surface area contributed by atoms with Crippen LogP contribution >= 0.6 is 11.6 Å². The molecule has 0 aliphatic carbocycles. The van der Waals surface area contributed by atoms with Crippen LogP contribution in [-0.4, -0.2) is 18.8 Å². The van der Waals surface area contributed by atoms with Crippen molar-refractivity contribution in [3.8, 4) is 0 Å². The molecule has 1 fully saturated rings. The van der Waals surface area contributed by atoms with Crippen molar-refractivity contribution >= 4 is 11.6 Å². The van der Waals surface area contributed by atoms with Gasteiger partial charge in [0.15, 0.2) is 0 Å². The second-order valence-corrected chi connectivity index (χ2v) is 4.84. The van der Waals surface area contributed by atoms with Crippen molar-refractivity contribution in [1.29, 1.82) is 0 Å². The van der Waals surface area contributed by atoms with Gasteiger partial charge in [0.25, 0.3) is 0 Å². The number of halogens is 2. The average Bonchev–Trinajstić information content (AvgIpc) is 2.68. The van der Waals surface area contributed by atoms with Gasteiger partial charge in [-0.25, -0.2) is 4.39 Å². The van der Waals surface area contributed by atoms with Crippen LogP contribution in [-0.2, 0) is 11.3 Å². The van der Waals surface area contributed by atoms with E-state index < -0.39 is 0 Å². The Labute approximate surface area is 99.7 Å². The molecule has 88 valence electrons. The van der Waals surface area contributed by atoms with Crippen LogP contribution in [0.2, 0.25) is 5.02 Å². The Hall–Kier alpha value is -0.640. The molecule has 0 aromatic heterocycles. The Balaban J connectivity index is 2.02. The molecule has 2 rings (SSSR count). The molecular weight excluding hydrogens is 229 g/mol. The highest BCUT2D eigenvalue weighted by Crippen LogP contribution is 2.21. The first-order valence-electron chi connectivity index (χ1n) is 5.36. The lowest BCUT2D eigenvalue weighted by Gasteiger charge is -2.23. The molecule has 1 aliphatic rings. The highest BCUT2D eigenvalue weighted by Gasteiger charge is 2.28. The highest BCUT2D eigenvalue weighted by atomic mass is 35.5. The van der Waals surface area contributed by atoms with Gasteiger partial charge >= 0.3 is 0 Å². The van der Waals surface area contributed by atoms with E-state index in [1.165, 1.54) is 0 Å². The summed E-state index contributed by atoms with van der Waals surface area (Å²) in [5.74, 6) is -0.334. The fourth-order valence-corrected chi connectivity index (χ4v) is 1.99. The Morgan fingerprint density at radius 1 is 1.56 bits per heavy atom. The van der Waals surface area contributed by atoms with Gasteiger partial charge in [0.2, 0.25) is 0 Å². The predicted molar refractivity (Wildman–Crippen MR) is 62.1 cm³/mol. The monoisotopic (exact) mass is 243 g/mol. The Morgan fingerprint density at radius 2 is 2.38 bits per heavy atom. The van der Waals surface area contributed by atoms with Crippen LogP contribution in [0, 0.1) is 5.82 Å². The predicted octanol–water partition coefficient (Wildman–Crippen LogP) is 2.75. The molecule has 1 aliphatic heterocycles. The maximum atomic E-state index is 13.6. The van der Waals surface area contributed by atoms with E-state index in [1.54, 1.807) is 18.2 Å². The topological polar surface area (TPSA) is 21.3 Å². The van der Waals surface area contributed by atoms with E-state index in [-0.39, 0.29) is 16.4 Å². The van der Waals surface area contributed by atoms with E-state index in [0.29, 0.717) is 18.7 Å². The van der Waals surface area contributed by atoms with Crippen LogP contribution in [0.4, 0.5) is 4.39 Å². The second-order valence-electron chi connectivity index (χ2n) is 4.43. The molecule has 0 radical (unpaired) electrons. The van der Waals surface area contributed by atoms with Crippen LogP contribution in [0.1, 0.15) is 18.9 Å². The molecule has 2 nitrogen and oxygen atoms in total. The van der Waals surface area contributed by atoms with Gasteiger partial charge in [-0.3, -0.25) is 0 Å². The molecule has 1 atom stereocenters. The van der Waals surface area contributed by atoms with Crippen LogP contribution in [0.25, 0.3) is 0 Å². The first-order valence-corrected chi connectivity index (χ1v) is 5.74. The second kappa shape index (κ2) is 4.70. The van der Waals surface area contributed by atoms with E-state index >= 15 is 0 Å². The summed E-state index contributed by atoms with van der Waals surface area (Å²) in [5, 5.41) is 3.49. The van der Waals surface area contributed by atoms with Gasteiger partial charge in [-0.05, 0) is 19.4 Å². The summed E-state index contributed by atoms with van der Waals surface area (Å²) in [5.41, 5.74) is 0.551. The number of benzene rings is 1. The third kappa shape index (κ3) is 2.54. The maximum Gasteiger partial charge on any atom is 0.146 e. The molecule has 1 saturated heterocycles. The molecule has 1 aromatic carbocycles. The molecule has 0 bridgehead atoms. The van der Waals surface area contributed by atoms with Gasteiger partial charge in [-0.15, -0.1) is 0 Å². The summed E-state index contributed by atoms with van der Waals surface area (Å²) in [7, 11) is 0. The summed E-state index contributed by atoms with van der Waals surface area (Å²) in [4.78, 5) is 0. The molecule has 1 unspecified atom stereocenters. The lowest BCUT2D eigenvalue weighted by molar-refractivity contribution is 0.171. The van der Waals surface area contributed by atoms with E-state index in [4.69, 9.17) is 16.3 Å². The third-order valence-electron chi connectivity index (χ3n) is 2.96. The van der Waals surface area contributed by atoms with Crippen LogP contribution < -0.4 is 5.32 Å². The molecule has 4 heteroatoms. The summed E-state index contributed by atoms with van der Waals surface area (Å²) in [6.07, 6.45) is 0.954. The maximum absolute atomic E-state index is 13.6. The zero-order chi connectivity index (χ0) is 11.6. The molecule has 0 spiro atoms. The Kier molecular flexibility index (Phi) is 3.47. The van der Waals surface area contributed by atoms with Crippen LogP contribution in [0.5, 0.6) is 0 Å². The molecule has 0 amide bonds. The SMILES string of the molecule is CC1(NCc2cccc(Cl)c2F)CCOC1. The van der Waals surface area contributed by atoms with Crippen LogP contribution in [0.15, 0.2) is 18.2 Å². The molecule has 1 heterocycles. The number of nitrogens with one attached hydrogen (secondary N) is 1. The lowest BCUT2D eigenvalue weighted by Crippen LogP contribution is -2.42. The van der Waals surface area contributed by atoms with Gasteiger partial charge in [-0.2, -0.15) is 0 Å². The van der Waals surface area contributed by atoms with Crippen molar-refractivity contribution in [2.24, 2.45) is 0 Å². The lowest BCUT2D eigenvalue weighted by atomic mass is 10.0. The van der Waals surface area contributed by atoms with Crippen molar-refractivity contribution in [3.63, 3.8) is 0 Å². The fraction of sp³-hybridized carbons (Fsp3) is 0.500. The Morgan fingerprint density at radius 3 is 3.06 bits per heavy atom. The largest absolute Gasteiger partial charge is 0.379 e. The minimum absolute atomic E-state index is 0.0469. The highest BCUT2D eigenvalue weighted by molar-refractivity contribution is 6.30. The van der Waals surface area contributed by atoms with Crippen molar-refractivity contribution < 1.29 is 9.13 Å². The van der Waals surface area contributed by atoms with Gasteiger partial charge in [0.05, 0.1) is 11.6 Å². The fourth-order valence-electron chi connectivity index (χ4n) is 1.80. The van der Waals surface area contributed by atoms with E-state index in [2.05, 4.69) is 12.2 Å². The smallest absolute Gasteiger partial charge is 0.146 e. The molecule has 16 heavy (non-hydrogen) atoms. The number of hydrogen-bond donors (Lipinski definition) is 1. The van der Waals surface area contributed by atoms with E-state index in [1.807, 2.05) is 0 Å².